The van der Waals surface area contributed by atoms with Crippen LogP contribution in [0.2, 0.25) is 0 Å². The van der Waals surface area contributed by atoms with Crippen LogP contribution in [0.3, 0.4) is 0 Å². The van der Waals surface area contributed by atoms with Crippen molar-refractivity contribution in [1.29, 1.82) is 0 Å². The Hall–Kier alpha value is -1.55. The number of hydrogen-bond acceptors (Lipinski definition) is 7. The molecule has 0 aromatic carbocycles. The van der Waals surface area contributed by atoms with Gasteiger partial charge in [0.05, 0.1) is 38.1 Å². The molecule has 0 aliphatic carbocycles. The Kier molecular flexibility index (Phi) is 7.15. The number of carbonyl (C=O) groups excluding carboxylic acids is 2. The summed E-state index contributed by atoms with van der Waals surface area (Å²) in [6, 6.07) is 0. The lowest BCUT2D eigenvalue weighted by atomic mass is 10.2. The zero-order valence-corrected chi connectivity index (χ0v) is 18.3. The predicted molar refractivity (Wildman–Crippen MR) is 99.9 cm³/mol. The van der Waals surface area contributed by atoms with Crippen LogP contribution in [0.5, 0.6) is 0 Å². The SMILES string of the molecule is CC1CN(C(=O)OC(C)(C)C)CC(CN(C(=O)OC(C)(C)C)S(C)(=O)=O)O1. The Morgan fingerprint density at radius 1 is 1.07 bits per heavy atom. The fourth-order valence-corrected chi connectivity index (χ4v) is 3.21. The second-order valence-corrected chi connectivity index (χ2v) is 10.6. The third-order valence-corrected chi connectivity index (χ3v) is 4.44. The van der Waals surface area contributed by atoms with E-state index >= 15 is 0 Å². The lowest BCUT2D eigenvalue weighted by Gasteiger charge is -2.38. The van der Waals surface area contributed by atoms with Gasteiger partial charge in [0.2, 0.25) is 10.0 Å². The monoisotopic (exact) mass is 408 g/mol. The first-order chi connectivity index (χ1) is 12.0. The van der Waals surface area contributed by atoms with Crippen LogP contribution in [0.1, 0.15) is 48.5 Å². The second kappa shape index (κ2) is 8.22. The topological polar surface area (TPSA) is 102 Å². The molecule has 10 heteroatoms. The molecule has 0 bridgehead atoms. The first-order valence-corrected chi connectivity index (χ1v) is 10.7. The number of sulfonamides is 1. The molecule has 1 saturated heterocycles. The molecule has 1 rings (SSSR count). The van der Waals surface area contributed by atoms with Gasteiger partial charge in [-0.1, -0.05) is 0 Å². The Bertz CT molecular complexity index is 649. The fraction of sp³-hybridized carbons (Fsp3) is 0.882. The summed E-state index contributed by atoms with van der Waals surface area (Å²) in [7, 11) is -3.88. The van der Waals surface area contributed by atoms with E-state index in [1.165, 1.54) is 4.90 Å². The van der Waals surface area contributed by atoms with Crippen LogP contribution in [-0.2, 0) is 24.2 Å². The lowest BCUT2D eigenvalue weighted by Crippen LogP contribution is -2.55. The molecule has 2 unspecified atom stereocenters. The van der Waals surface area contributed by atoms with Crippen molar-refractivity contribution in [1.82, 2.24) is 9.21 Å². The summed E-state index contributed by atoms with van der Waals surface area (Å²) in [6.45, 7) is 12.2. The molecule has 2 atom stereocenters. The molecule has 0 aromatic rings. The normalized spacial score (nSPS) is 21.6. The van der Waals surface area contributed by atoms with Crippen molar-refractivity contribution in [3.8, 4) is 0 Å². The van der Waals surface area contributed by atoms with Crippen molar-refractivity contribution in [2.45, 2.75) is 71.9 Å². The molecule has 1 heterocycles. The van der Waals surface area contributed by atoms with E-state index in [4.69, 9.17) is 14.2 Å². The Morgan fingerprint density at radius 2 is 1.59 bits per heavy atom. The molecule has 27 heavy (non-hydrogen) atoms. The first-order valence-electron chi connectivity index (χ1n) is 8.82. The van der Waals surface area contributed by atoms with E-state index in [2.05, 4.69) is 0 Å². The number of hydrogen-bond donors (Lipinski definition) is 0. The minimum atomic E-state index is -3.88. The third kappa shape index (κ3) is 8.34. The maximum Gasteiger partial charge on any atom is 0.424 e. The molecule has 0 aromatic heterocycles. The number of morpholine rings is 1. The van der Waals surface area contributed by atoms with Gasteiger partial charge in [0, 0.05) is 0 Å². The predicted octanol–water partition coefficient (Wildman–Crippen LogP) is 2.21. The summed E-state index contributed by atoms with van der Waals surface area (Å²) in [5.74, 6) is 0. The van der Waals surface area contributed by atoms with E-state index in [1.807, 2.05) is 0 Å². The molecule has 0 saturated carbocycles. The minimum Gasteiger partial charge on any atom is -0.444 e. The van der Waals surface area contributed by atoms with Crippen molar-refractivity contribution in [2.24, 2.45) is 0 Å². The van der Waals surface area contributed by atoms with Gasteiger partial charge in [-0.05, 0) is 48.5 Å². The average Bonchev–Trinajstić information content (AvgIpc) is 2.39. The number of rotatable bonds is 3. The lowest BCUT2D eigenvalue weighted by molar-refractivity contribution is -0.0838. The highest BCUT2D eigenvalue weighted by Crippen LogP contribution is 2.19. The van der Waals surface area contributed by atoms with Crippen LogP contribution in [0.15, 0.2) is 0 Å². The van der Waals surface area contributed by atoms with Crippen molar-refractivity contribution in [3.05, 3.63) is 0 Å². The number of nitrogens with zero attached hydrogens (tertiary/aromatic N) is 2. The molecule has 1 aliphatic rings. The van der Waals surface area contributed by atoms with Gasteiger partial charge in [-0.25, -0.2) is 22.3 Å². The summed E-state index contributed by atoms with van der Waals surface area (Å²) in [5.41, 5.74) is -1.49. The zero-order chi connectivity index (χ0) is 21.2. The van der Waals surface area contributed by atoms with Gasteiger partial charge < -0.3 is 19.1 Å². The van der Waals surface area contributed by atoms with Crippen molar-refractivity contribution in [3.63, 3.8) is 0 Å². The van der Waals surface area contributed by atoms with E-state index in [0.717, 1.165) is 6.26 Å². The van der Waals surface area contributed by atoms with Crippen LogP contribution in [-0.4, -0.2) is 79.1 Å². The van der Waals surface area contributed by atoms with Crippen molar-refractivity contribution >= 4 is 22.2 Å². The van der Waals surface area contributed by atoms with Crippen LogP contribution in [0.25, 0.3) is 0 Å². The molecule has 158 valence electrons. The Balaban J connectivity index is 2.91. The van der Waals surface area contributed by atoms with E-state index in [9.17, 15) is 18.0 Å². The van der Waals surface area contributed by atoms with E-state index < -0.39 is 39.5 Å². The van der Waals surface area contributed by atoms with Gasteiger partial charge in [-0.3, -0.25) is 0 Å². The summed E-state index contributed by atoms with van der Waals surface area (Å²) in [5, 5.41) is 0. The van der Waals surface area contributed by atoms with Gasteiger partial charge in [0.1, 0.15) is 11.2 Å². The highest BCUT2D eigenvalue weighted by atomic mass is 32.2. The van der Waals surface area contributed by atoms with E-state index in [1.54, 1.807) is 48.5 Å². The maximum atomic E-state index is 12.3. The molecule has 0 N–H and O–H groups in total. The average molecular weight is 409 g/mol. The first kappa shape index (κ1) is 23.5. The maximum absolute atomic E-state index is 12.3. The molecular formula is C17H32N2O7S. The molecular weight excluding hydrogens is 376 g/mol. The van der Waals surface area contributed by atoms with Gasteiger partial charge >= 0.3 is 12.2 Å². The zero-order valence-electron chi connectivity index (χ0n) is 17.4. The molecule has 2 amide bonds. The Labute approximate surface area is 162 Å². The standard InChI is InChI=1S/C17H32N2O7S/c1-12-9-18(14(20)25-16(2,3)4)10-13(24-12)11-19(27(8,22)23)15(21)26-17(5,6)7/h12-13H,9-11H2,1-8H3. The minimum absolute atomic E-state index is 0.105. The molecule has 0 spiro atoms. The van der Waals surface area contributed by atoms with Crippen LogP contribution >= 0.6 is 0 Å². The summed E-state index contributed by atoms with van der Waals surface area (Å²) in [4.78, 5) is 26.1. The number of carbonyl (C=O) groups is 2. The van der Waals surface area contributed by atoms with Crippen molar-refractivity contribution in [2.75, 3.05) is 25.9 Å². The van der Waals surface area contributed by atoms with Gasteiger partial charge in [0.15, 0.2) is 0 Å². The van der Waals surface area contributed by atoms with Crippen LogP contribution < -0.4 is 0 Å². The summed E-state index contributed by atoms with van der Waals surface area (Å²) < 4.78 is 41.1. The largest absolute Gasteiger partial charge is 0.444 e. The molecule has 0 radical (unpaired) electrons. The van der Waals surface area contributed by atoms with Crippen LogP contribution in [0.4, 0.5) is 9.59 Å². The third-order valence-electron chi connectivity index (χ3n) is 3.34. The molecule has 9 nitrogen and oxygen atoms in total. The highest BCUT2D eigenvalue weighted by molar-refractivity contribution is 7.88. The van der Waals surface area contributed by atoms with E-state index in [0.29, 0.717) is 10.8 Å². The number of amides is 2. The second-order valence-electron chi connectivity index (χ2n) is 8.73. The quantitative estimate of drug-likeness (QED) is 0.705. The van der Waals surface area contributed by atoms with E-state index in [-0.39, 0.29) is 19.2 Å². The van der Waals surface area contributed by atoms with Gasteiger partial charge in [0.25, 0.3) is 0 Å². The highest BCUT2D eigenvalue weighted by Gasteiger charge is 2.36. The summed E-state index contributed by atoms with van der Waals surface area (Å²) in [6.07, 6.45) is -1.59. The number of ether oxygens (including phenoxy) is 3. The molecule has 1 aliphatic heterocycles. The smallest absolute Gasteiger partial charge is 0.424 e. The van der Waals surface area contributed by atoms with Gasteiger partial charge in [-0.2, -0.15) is 0 Å². The van der Waals surface area contributed by atoms with Gasteiger partial charge in [-0.15, -0.1) is 0 Å². The molecule has 1 fully saturated rings. The van der Waals surface area contributed by atoms with Crippen LogP contribution in [0, 0.1) is 0 Å². The van der Waals surface area contributed by atoms with Crippen molar-refractivity contribution < 1.29 is 32.2 Å². The fourth-order valence-electron chi connectivity index (χ4n) is 2.46. The summed E-state index contributed by atoms with van der Waals surface area (Å²) >= 11 is 0. The Morgan fingerprint density at radius 3 is 2.04 bits per heavy atom.